The highest BCUT2D eigenvalue weighted by molar-refractivity contribution is 7.11. The number of benzene rings is 1. The average Bonchev–Trinajstić information content (AvgIpc) is 2.82. The van der Waals surface area contributed by atoms with Gasteiger partial charge in [-0.3, -0.25) is 4.79 Å². The van der Waals surface area contributed by atoms with Gasteiger partial charge in [-0.25, -0.2) is 4.98 Å². The van der Waals surface area contributed by atoms with Gasteiger partial charge in [0.25, 0.3) is 0 Å². The topological polar surface area (TPSA) is 50.2 Å². The third kappa shape index (κ3) is 2.61. The summed E-state index contributed by atoms with van der Waals surface area (Å²) in [5.74, 6) is -0.904. The number of aliphatic carboxylic acids is 1. The number of aromatic nitrogens is 1. The minimum atomic E-state index is -0.676. The number of thiazole rings is 1. The van der Waals surface area contributed by atoms with Crippen molar-refractivity contribution in [2.24, 2.45) is 5.92 Å². The maximum Gasteiger partial charge on any atom is 0.306 e. The number of carbonyl (C=O) groups is 1. The van der Waals surface area contributed by atoms with Crippen LogP contribution in [0.5, 0.6) is 0 Å². The summed E-state index contributed by atoms with van der Waals surface area (Å²) >= 11 is 1.69. The molecule has 1 heterocycles. The van der Waals surface area contributed by atoms with Gasteiger partial charge in [-0.1, -0.05) is 24.3 Å². The van der Waals surface area contributed by atoms with E-state index in [1.807, 2.05) is 6.07 Å². The number of fused-ring (bicyclic) bond motifs is 1. The van der Waals surface area contributed by atoms with Gasteiger partial charge in [0.05, 0.1) is 16.6 Å². The van der Waals surface area contributed by atoms with E-state index >= 15 is 0 Å². The molecule has 0 amide bonds. The number of nitrogens with zero attached hydrogens (tertiary/aromatic N) is 1. The third-order valence-corrected chi connectivity index (χ3v) is 5.06. The summed E-state index contributed by atoms with van der Waals surface area (Å²) in [5, 5.41) is 10.2. The third-order valence-electron chi connectivity index (χ3n) is 3.94. The van der Waals surface area contributed by atoms with Gasteiger partial charge in [-0.05, 0) is 37.3 Å². The Labute approximate surface area is 122 Å². The molecule has 4 heteroatoms. The predicted octanol–water partition coefficient (Wildman–Crippen LogP) is 3.23. The minimum absolute atomic E-state index is 0.228. The number of carboxylic acids is 1. The Hall–Kier alpha value is -1.68. The second kappa shape index (κ2) is 5.37. The summed E-state index contributed by atoms with van der Waals surface area (Å²) in [7, 11) is 0. The maximum absolute atomic E-state index is 11.1. The van der Waals surface area contributed by atoms with Crippen molar-refractivity contribution in [1.29, 1.82) is 0 Å². The fourth-order valence-electron chi connectivity index (χ4n) is 2.69. The van der Waals surface area contributed by atoms with Crippen LogP contribution < -0.4 is 0 Å². The summed E-state index contributed by atoms with van der Waals surface area (Å²) in [5.41, 5.74) is 3.70. The van der Waals surface area contributed by atoms with Gasteiger partial charge in [0.2, 0.25) is 0 Å². The zero-order valence-corrected chi connectivity index (χ0v) is 12.2. The van der Waals surface area contributed by atoms with Crippen molar-refractivity contribution in [3.05, 3.63) is 51.0 Å². The molecule has 0 radical (unpaired) electrons. The summed E-state index contributed by atoms with van der Waals surface area (Å²) < 4.78 is 0. The van der Waals surface area contributed by atoms with Crippen molar-refractivity contribution < 1.29 is 9.90 Å². The minimum Gasteiger partial charge on any atom is -0.481 e. The van der Waals surface area contributed by atoms with E-state index < -0.39 is 5.97 Å². The van der Waals surface area contributed by atoms with E-state index in [9.17, 15) is 4.79 Å². The monoisotopic (exact) mass is 287 g/mol. The first-order valence-electron chi connectivity index (χ1n) is 6.88. The van der Waals surface area contributed by atoms with Crippen LogP contribution in [0.2, 0.25) is 0 Å². The van der Waals surface area contributed by atoms with Crippen molar-refractivity contribution in [2.45, 2.75) is 32.6 Å². The highest BCUT2D eigenvalue weighted by atomic mass is 32.1. The zero-order chi connectivity index (χ0) is 14.1. The summed E-state index contributed by atoms with van der Waals surface area (Å²) in [6.45, 7) is 2.11. The molecule has 1 atom stereocenters. The lowest BCUT2D eigenvalue weighted by atomic mass is 9.91. The lowest BCUT2D eigenvalue weighted by Gasteiger charge is -2.16. The molecule has 3 nitrogen and oxygen atoms in total. The molecule has 0 saturated heterocycles. The van der Waals surface area contributed by atoms with Crippen molar-refractivity contribution in [3.8, 4) is 0 Å². The molecule has 2 aromatic rings. The molecule has 0 spiro atoms. The van der Waals surface area contributed by atoms with Crippen LogP contribution in [-0.4, -0.2) is 16.1 Å². The zero-order valence-electron chi connectivity index (χ0n) is 11.4. The van der Waals surface area contributed by atoms with Crippen LogP contribution in [0.4, 0.5) is 0 Å². The second-order valence-electron chi connectivity index (χ2n) is 5.36. The van der Waals surface area contributed by atoms with Crippen LogP contribution in [0, 0.1) is 12.8 Å². The molecule has 1 unspecified atom stereocenters. The average molecular weight is 287 g/mol. The molecule has 20 heavy (non-hydrogen) atoms. The smallest absolute Gasteiger partial charge is 0.306 e. The van der Waals surface area contributed by atoms with E-state index in [0.29, 0.717) is 6.42 Å². The number of hydrogen-bond acceptors (Lipinski definition) is 3. The first-order valence-corrected chi connectivity index (χ1v) is 7.70. The standard InChI is InChI=1S/C16H17NO2S/c1-10-4-2-3-5-11(10)9-15-17-13-7-6-12(16(18)19)8-14(13)20-15/h2-5,12H,6-9H2,1H3,(H,18,19). The Morgan fingerprint density at radius 3 is 3.00 bits per heavy atom. The van der Waals surface area contributed by atoms with Gasteiger partial charge < -0.3 is 5.11 Å². The first kappa shape index (κ1) is 13.3. The van der Waals surface area contributed by atoms with Crippen LogP contribution in [0.15, 0.2) is 24.3 Å². The molecule has 0 fully saturated rings. The van der Waals surface area contributed by atoms with Crippen LogP contribution in [0.3, 0.4) is 0 Å². The van der Waals surface area contributed by atoms with Gasteiger partial charge in [0, 0.05) is 11.3 Å². The van der Waals surface area contributed by atoms with Gasteiger partial charge in [-0.2, -0.15) is 0 Å². The Morgan fingerprint density at radius 1 is 1.45 bits per heavy atom. The van der Waals surface area contributed by atoms with Crippen molar-refractivity contribution in [2.75, 3.05) is 0 Å². The van der Waals surface area contributed by atoms with E-state index in [-0.39, 0.29) is 5.92 Å². The molecule has 1 N–H and O–H groups in total. The largest absolute Gasteiger partial charge is 0.481 e. The van der Waals surface area contributed by atoms with Gasteiger partial charge >= 0.3 is 5.97 Å². The Morgan fingerprint density at radius 2 is 2.25 bits per heavy atom. The van der Waals surface area contributed by atoms with Crippen LogP contribution >= 0.6 is 11.3 Å². The molecule has 0 aliphatic heterocycles. The van der Waals surface area contributed by atoms with Crippen molar-refractivity contribution in [3.63, 3.8) is 0 Å². The molecular formula is C16H17NO2S. The molecule has 1 aromatic heterocycles. The van der Waals surface area contributed by atoms with Crippen LogP contribution in [0.25, 0.3) is 0 Å². The fourth-order valence-corrected chi connectivity index (χ4v) is 3.90. The molecule has 0 saturated carbocycles. The number of hydrogen-bond donors (Lipinski definition) is 1. The summed E-state index contributed by atoms with van der Waals surface area (Å²) in [4.78, 5) is 17.0. The van der Waals surface area contributed by atoms with E-state index in [2.05, 4.69) is 25.1 Å². The Bertz CT molecular complexity index is 648. The Balaban J connectivity index is 1.81. The lowest BCUT2D eigenvalue weighted by Crippen LogP contribution is -2.21. The summed E-state index contributed by atoms with van der Waals surface area (Å²) in [6, 6.07) is 8.35. The number of carboxylic acid groups (broad SMARTS) is 1. The highest BCUT2D eigenvalue weighted by Crippen LogP contribution is 2.31. The van der Waals surface area contributed by atoms with E-state index in [1.165, 1.54) is 16.0 Å². The lowest BCUT2D eigenvalue weighted by molar-refractivity contribution is -0.142. The van der Waals surface area contributed by atoms with Gasteiger partial charge in [-0.15, -0.1) is 11.3 Å². The van der Waals surface area contributed by atoms with E-state index in [0.717, 1.165) is 30.0 Å². The van der Waals surface area contributed by atoms with E-state index in [4.69, 9.17) is 10.1 Å². The SMILES string of the molecule is Cc1ccccc1Cc1nc2c(s1)CC(C(=O)O)CC2. The van der Waals surface area contributed by atoms with E-state index in [1.54, 1.807) is 11.3 Å². The quantitative estimate of drug-likeness (QED) is 0.943. The number of aryl methyl sites for hydroxylation is 2. The Kier molecular flexibility index (Phi) is 3.57. The normalized spacial score (nSPS) is 17.8. The predicted molar refractivity (Wildman–Crippen MR) is 79.2 cm³/mol. The molecule has 1 aromatic carbocycles. The first-order chi connectivity index (χ1) is 9.63. The van der Waals surface area contributed by atoms with Crippen LogP contribution in [0.1, 0.15) is 33.1 Å². The fraction of sp³-hybridized carbons (Fsp3) is 0.375. The maximum atomic E-state index is 11.1. The highest BCUT2D eigenvalue weighted by Gasteiger charge is 2.27. The molecule has 1 aliphatic carbocycles. The molecule has 0 bridgehead atoms. The van der Waals surface area contributed by atoms with Gasteiger partial charge in [0.1, 0.15) is 0 Å². The second-order valence-corrected chi connectivity index (χ2v) is 6.53. The van der Waals surface area contributed by atoms with Crippen molar-refractivity contribution >= 4 is 17.3 Å². The molecular weight excluding hydrogens is 270 g/mol. The molecule has 104 valence electrons. The van der Waals surface area contributed by atoms with Crippen molar-refractivity contribution in [1.82, 2.24) is 4.98 Å². The van der Waals surface area contributed by atoms with Crippen LogP contribution in [-0.2, 0) is 24.1 Å². The molecule has 1 aliphatic rings. The number of rotatable bonds is 3. The molecule has 3 rings (SSSR count). The van der Waals surface area contributed by atoms with Gasteiger partial charge in [0.15, 0.2) is 0 Å². The summed E-state index contributed by atoms with van der Waals surface area (Å²) in [6.07, 6.45) is 3.02.